The van der Waals surface area contributed by atoms with E-state index in [0.717, 1.165) is 5.56 Å². The number of nitrogens with one attached hydrogen (secondary N) is 1. The van der Waals surface area contributed by atoms with Crippen molar-refractivity contribution >= 4 is 11.9 Å². The van der Waals surface area contributed by atoms with Gasteiger partial charge in [0.2, 0.25) is 5.76 Å². The van der Waals surface area contributed by atoms with E-state index in [-0.39, 0.29) is 12.5 Å². The molecule has 0 unspecified atom stereocenters. The van der Waals surface area contributed by atoms with Crippen LogP contribution in [0.5, 0.6) is 0 Å². The third-order valence-corrected chi connectivity index (χ3v) is 4.74. The second kappa shape index (κ2) is 6.75. The monoisotopic (exact) mass is 365 g/mol. The number of carbonyl (C=O) groups is 2. The standard InChI is InChI=1S/C20H19N3O4/c1-20(10-9-14-6-3-2-4-7-14)18(24)23(19(25)21-20)13-15-12-17(27-22-15)16-8-5-11-26-16/h2-8,11-12H,9-10,13H2,1H3,(H,21,25)/t20-/m1/s1. The highest BCUT2D eigenvalue weighted by atomic mass is 16.5. The van der Waals surface area contributed by atoms with Crippen molar-refractivity contribution in [1.82, 2.24) is 15.4 Å². The van der Waals surface area contributed by atoms with E-state index in [1.165, 1.54) is 11.2 Å². The van der Waals surface area contributed by atoms with Crippen molar-refractivity contribution in [3.05, 3.63) is 66.1 Å². The molecular formula is C20H19N3O4. The summed E-state index contributed by atoms with van der Waals surface area (Å²) in [6.45, 7) is 1.81. The minimum absolute atomic E-state index is 0.0514. The molecular weight excluding hydrogens is 346 g/mol. The van der Waals surface area contributed by atoms with Crippen molar-refractivity contribution in [3.8, 4) is 11.5 Å². The average molecular weight is 365 g/mol. The molecule has 0 bridgehead atoms. The first kappa shape index (κ1) is 17.1. The summed E-state index contributed by atoms with van der Waals surface area (Å²) < 4.78 is 10.5. The normalized spacial score (nSPS) is 19.5. The number of rotatable bonds is 6. The van der Waals surface area contributed by atoms with E-state index in [4.69, 9.17) is 8.94 Å². The first-order valence-corrected chi connectivity index (χ1v) is 8.73. The number of aromatic nitrogens is 1. The molecule has 1 N–H and O–H groups in total. The summed E-state index contributed by atoms with van der Waals surface area (Å²) >= 11 is 0. The molecule has 1 aromatic carbocycles. The van der Waals surface area contributed by atoms with E-state index in [1.54, 1.807) is 25.1 Å². The number of amides is 3. The number of hydrogen-bond donors (Lipinski definition) is 1. The van der Waals surface area contributed by atoms with Crippen LogP contribution in [-0.2, 0) is 17.8 Å². The molecule has 0 saturated carbocycles. The number of aryl methyl sites for hydroxylation is 1. The van der Waals surface area contributed by atoms with Crippen molar-refractivity contribution in [3.63, 3.8) is 0 Å². The van der Waals surface area contributed by atoms with Gasteiger partial charge in [0.15, 0.2) is 5.76 Å². The average Bonchev–Trinajstić information content (AvgIpc) is 3.39. The molecule has 7 nitrogen and oxygen atoms in total. The van der Waals surface area contributed by atoms with Gasteiger partial charge in [0.25, 0.3) is 5.91 Å². The number of urea groups is 1. The largest absolute Gasteiger partial charge is 0.461 e. The third kappa shape index (κ3) is 3.36. The SMILES string of the molecule is C[C@]1(CCc2ccccc2)NC(=O)N(Cc2cc(-c3ccco3)on2)C1=O. The van der Waals surface area contributed by atoms with Crippen LogP contribution >= 0.6 is 0 Å². The summed E-state index contributed by atoms with van der Waals surface area (Å²) in [6.07, 6.45) is 2.76. The Kier molecular flexibility index (Phi) is 4.27. The summed E-state index contributed by atoms with van der Waals surface area (Å²) in [5.41, 5.74) is 0.677. The molecule has 1 saturated heterocycles. The third-order valence-electron chi connectivity index (χ3n) is 4.74. The van der Waals surface area contributed by atoms with Gasteiger partial charge in [-0.1, -0.05) is 35.5 Å². The lowest BCUT2D eigenvalue weighted by Gasteiger charge is -2.21. The Morgan fingerprint density at radius 3 is 2.67 bits per heavy atom. The molecule has 138 valence electrons. The number of carbonyl (C=O) groups excluding carboxylic acids is 2. The van der Waals surface area contributed by atoms with Crippen LogP contribution in [0.3, 0.4) is 0 Å². The second-order valence-corrected chi connectivity index (χ2v) is 6.80. The highest BCUT2D eigenvalue weighted by molar-refractivity contribution is 6.06. The molecule has 1 aliphatic heterocycles. The summed E-state index contributed by atoms with van der Waals surface area (Å²) in [5, 5.41) is 6.75. The Morgan fingerprint density at radius 2 is 1.93 bits per heavy atom. The van der Waals surface area contributed by atoms with Gasteiger partial charge in [-0.25, -0.2) is 4.79 Å². The van der Waals surface area contributed by atoms with Crippen molar-refractivity contribution < 1.29 is 18.5 Å². The minimum atomic E-state index is -0.930. The predicted octanol–water partition coefficient (Wildman–Crippen LogP) is 3.38. The lowest BCUT2D eigenvalue weighted by atomic mass is 9.93. The Morgan fingerprint density at radius 1 is 1.11 bits per heavy atom. The fourth-order valence-electron chi connectivity index (χ4n) is 3.18. The van der Waals surface area contributed by atoms with Crippen LogP contribution < -0.4 is 5.32 Å². The van der Waals surface area contributed by atoms with Crippen molar-refractivity contribution in [2.24, 2.45) is 0 Å². The van der Waals surface area contributed by atoms with Crippen LogP contribution in [0.4, 0.5) is 4.79 Å². The molecule has 1 aliphatic rings. The van der Waals surface area contributed by atoms with Crippen molar-refractivity contribution in [2.45, 2.75) is 31.8 Å². The molecule has 7 heteroatoms. The maximum Gasteiger partial charge on any atom is 0.325 e. The first-order valence-electron chi connectivity index (χ1n) is 8.73. The molecule has 2 aromatic heterocycles. The maximum atomic E-state index is 12.9. The number of imide groups is 1. The quantitative estimate of drug-likeness (QED) is 0.677. The topological polar surface area (TPSA) is 88.6 Å². The fraction of sp³-hybridized carbons (Fsp3) is 0.250. The van der Waals surface area contributed by atoms with E-state index in [2.05, 4.69) is 10.5 Å². The van der Waals surface area contributed by atoms with E-state index in [9.17, 15) is 9.59 Å². The van der Waals surface area contributed by atoms with Gasteiger partial charge < -0.3 is 14.3 Å². The van der Waals surface area contributed by atoms with Gasteiger partial charge in [-0.15, -0.1) is 0 Å². The number of hydrogen-bond acceptors (Lipinski definition) is 5. The van der Waals surface area contributed by atoms with Crippen LogP contribution in [0, 0.1) is 0 Å². The molecule has 4 rings (SSSR count). The van der Waals surface area contributed by atoms with E-state index < -0.39 is 11.6 Å². The Hall–Kier alpha value is -3.35. The van der Waals surface area contributed by atoms with Gasteiger partial charge in [0, 0.05) is 6.07 Å². The Bertz CT molecular complexity index is 949. The van der Waals surface area contributed by atoms with E-state index in [1.807, 2.05) is 30.3 Å². The van der Waals surface area contributed by atoms with Crippen LogP contribution in [0.2, 0.25) is 0 Å². The van der Waals surface area contributed by atoms with Crippen LogP contribution in [-0.4, -0.2) is 27.5 Å². The van der Waals surface area contributed by atoms with Crippen LogP contribution in [0.15, 0.2) is 63.7 Å². The van der Waals surface area contributed by atoms with Gasteiger partial charge in [0.1, 0.15) is 11.2 Å². The lowest BCUT2D eigenvalue weighted by Crippen LogP contribution is -2.44. The molecule has 3 aromatic rings. The maximum absolute atomic E-state index is 12.9. The van der Waals surface area contributed by atoms with Crippen LogP contribution in [0.25, 0.3) is 11.5 Å². The Labute approximate surface area is 155 Å². The summed E-state index contributed by atoms with van der Waals surface area (Å²) in [5.74, 6) is 0.735. The zero-order valence-corrected chi connectivity index (χ0v) is 14.8. The zero-order valence-electron chi connectivity index (χ0n) is 14.8. The van der Waals surface area contributed by atoms with Crippen molar-refractivity contribution in [2.75, 3.05) is 0 Å². The molecule has 3 heterocycles. The predicted molar refractivity (Wildman–Crippen MR) is 96.5 cm³/mol. The molecule has 0 radical (unpaired) electrons. The molecule has 1 atom stereocenters. The van der Waals surface area contributed by atoms with Crippen molar-refractivity contribution in [1.29, 1.82) is 0 Å². The van der Waals surface area contributed by atoms with E-state index >= 15 is 0 Å². The highest BCUT2D eigenvalue weighted by Gasteiger charge is 2.47. The lowest BCUT2D eigenvalue weighted by molar-refractivity contribution is -0.131. The fourth-order valence-corrected chi connectivity index (χ4v) is 3.18. The smallest absolute Gasteiger partial charge is 0.325 e. The zero-order chi connectivity index (χ0) is 18.9. The van der Waals surface area contributed by atoms with Crippen LogP contribution in [0.1, 0.15) is 24.6 Å². The summed E-state index contributed by atoms with van der Waals surface area (Å²) in [7, 11) is 0. The highest BCUT2D eigenvalue weighted by Crippen LogP contribution is 2.26. The Balaban J connectivity index is 1.45. The number of benzene rings is 1. The van der Waals surface area contributed by atoms with Gasteiger partial charge in [0.05, 0.1) is 12.8 Å². The summed E-state index contributed by atoms with van der Waals surface area (Å²) in [4.78, 5) is 26.4. The van der Waals surface area contributed by atoms with Gasteiger partial charge in [-0.3, -0.25) is 9.69 Å². The number of nitrogens with zero attached hydrogens (tertiary/aromatic N) is 2. The molecule has 27 heavy (non-hydrogen) atoms. The number of furan rings is 1. The van der Waals surface area contributed by atoms with Gasteiger partial charge in [-0.2, -0.15) is 0 Å². The molecule has 0 spiro atoms. The molecule has 3 amide bonds. The van der Waals surface area contributed by atoms with Gasteiger partial charge in [-0.05, 0) is 37.5 Å². The molecule has 1 fully saturated rings. The molecule has 0 aliphatic carbocycles. The second-order valence-electron chi connectivity index (χ2n) is 6.80. The minimum Gasteiger partial charge on any atom is -0.461 e. The first-order chi connectivity index (χ1) is 13.0. The van der Waals surface area contributed by atoms with Gasteiger partial charge >= 0.3 is 6.03 Å². The summed E-state index contributed by atoms with van der Waals surface area (Å²) in [6, 6.07) is 14.6. The van der Waals surface area contributed by atoms with E-state index in [0.29, 0.717) is 30.1 Å².